The van der Waals surface area contributed by atoms with Gasteiger partial charge in [0.05, 0.1) is 11.8 Å². The molecule has 1 heterocycles. The monoisotopic (exact) mass is 323 g/mol. The third-order valence-electron chi connectivity index (χ3n) is 4.30. The molecule has 1 aromatic carbocycles. The summed E-state index contributed by atoms with van der Waals surface area (Å²) in [6.45, 7) is 5.07. The molecule has 1 aliphatic heterocycles. The van der Waals surface area contributed by atoms with Crippen LogP contribution >= 0.6 is 11.6 Å². The van der Waals surface area contributed by atoms with Crippen LogP contribution < -0.4 is 0 Å². The molecule has 4 nitrogen and oxygen atoms in total. The van der Waals surface area contributed by atoms with Gasteiger partial charge < -0.3 is 10.0 Å². The zero-order valence-electron chi connectivity index (χ0n) is 13.0. The Morgan fingerprint density at radius 3 is 2.41 bits per heavy atom. The third kappa shape index (κ3) is 3.80. The highest BCUT2D eigenvalue weighted by Crippen LogP contribution is 2.30. The molecule has 1 aromatic rings. The van der Waals surface area contributed by atoms with E-state index >= 15 is 0 Å². The Kier molecular flexibility index (Phi) is 5.46. The van der Waals surface area contributed by atoms with Crippen LogP contribution in [-0.2, 0) is 9.59 Å². The lowest BCUT2D eigenvalue weighted by Gasteiger charge is -2.34. The molecule has 1 aliphatic rings. The van der Waals surface area contributed by atoms with Gasteiger partial charge in [0, 0.05) is 18.1 Å². The summed E-state index contributed by atoms with van der Waals surface area (Å²) >= 11 is 6.05. The Morgan fingerprint density at radius 1 is 1.27 bits per heavy atom. The van der Waals surface area contributed by atoms with Crippen LogP contribution in [-0.4, -0.2) is 35.0 Å². The van der Waals surface area contributed by atoms with E-state index in [1.54, 1.807) is 11.0 Å². The van der Waals surface area contributed by atoms with E-state index in [0.29, 0.717) is 31.0 Å². The summed E-state index contributed by atoms with van der Waals surface area (Å²) in [6.07, 6.45) is 1.06. The van der Waals surface area contributed by atoms with Crippen LogP contribution in [0.15, 0.2) is 24.3 Å². The van der Waals surface area contributed by atoms with Crippen molar-refractivity contribution in [3.05, 3.63) is 34.9 Å². The molecule has 1 saturated heterocycles. The lowest BCUT2D eigenvalue weighted by Crippen LogP contribution is -2.43. The van der Waals surface area contributed by atoms with E-state index in [4.69, 9.17) is 16.7 Å². The van der Waals surface area contributed by atoms with Gasteiger partial charge in [0.2, 0.25) is 5.91 Å². The molecule has 1 N–H and O–H groups in total. The van der Waals surface area contributed by atoms with Crippen molar-refractivity contribution in [1.29, 1.82) is 0 Å². The van der Waals surface area contributed by atoms with Crippen molar-refractivity contribution in [2.24, 2.45) is 11.8 Å². The fraction of sp³-hybridized carbons (Fsp3) is 0.529. The van der Waals surface area contributed by atoms with Gasteiger partial charge in [-0.1, -0.05) is 37.6 Å². The number of hydrogen-bond donors (Lipinski definition) is 1. The SMILES string of the molecule is CC(C)[C@H](C(=O)N1CCC(C(=O)O)CC1)c1cccc(Cl)c1. The Morgan fingerprint density at radius 2 is 1.91 bits per heavy atom. The van der Waals surface area contributed by atoms with Crippen molar-refractivity contribution in [2.75, 3.05) is 13.1 Å². The lowest BCUT2D eigenvalue weighted by molar-refractivity contribution is -0.146. The predicted octanol–water partition coefficient (Wildman–Crippen LogP) is 3.40. The highest BCUT2D eigenvalue weighted by atomic mass is 35.5. The standard InChI is InChI=1S/C17H22ClNO3/c1-11(2)15(13-4-3-5-14(18)10-13)16(20)19-8-6-12(7-9-19)17(21)22/h3-5,10-12,15H,6-9H2,1-2H3,(H,21,22)/t15-/m0/s1. The maximum atomic E-state index is 12.9. The van der Waals surface area contributed by atoms with Gasteiger partial charge in [0.25, 0.3) is 0 Å². The molecule has 0 bridgehead atoms. The molecule has 120 valence electrons. The molecule has 22 heavy (non-hydrogen) atoms. The number of halogens is 1. The first-order valence-electron chi connectivity index (χ1n) is 7.67. The smallest absolute Gasteiger partial charge is 0.306 e. The highest BCUT2D eigenvalue weighted by molar-refractivity contribution is 6.30. The molecule has 1 amide bonds. The Hall–Kier alpha value is -1.55. The largest absolute Gasteiger partial charge is 0.481 e. The second kappa shape index (κ2) is 7.14. The summed E-state index contributed by atoms with van der Waals surface area (Å²) in [7, 11) is 0. The zero-order chi connectivity index (χ0) is 16.3. The Balaban J connectivity index is 2.13. The average Bonchev–Trinajstić information content (AvgIpc) is 2.47. The van der Waals surface area contributed by atoms with Gasteiger partial charge in [-0.15, -0.1) is 0 Å². The molecule has 2 rings (SSSR count). The van der Waals surface area contributed by atoms with Crippen molar-refractivity contribution in [3.63, 3.8) is 0 Å². The Bertz CT molecular complexity index is 551. The molecule has 0 unspecified atom stereocenters. The summed E-state index contributed by atoms with van der Waals surface area (Å²) in [5, 5.41) is 9.68. The van der Waals surface area contributed by atoms with Crippen molar-refractivity contribution in [2.45, 2.75) is 32.6 Å². The van der Waals surface area contributed by atoms with Crippen molar-refractivity contribution < 1.29 is 14.7 Å². The quantitative estimate of drug-likeness (QED) is 0.923. The van der Waals surface area contributed by atoms with E-state index < -0.39 is 5.97 Å². The molecule has 1 fully saturated rings. The molecule has 1 atom stereocenters. The fourth-order valence-electron chi connectivity index (χ4n) is 3.06. The van der Waals surface area contributed by atoms with Crippen LogP contribution in [0.2, 0.25) is 5.02 Å². The van der Waals surface area contributed by atoms with Gasteiger partial charge in [-0.3, -0.25) is 9.59 Å². The van der Waals surface area contributed by atoms with Gasteiger partial charge in [0.15, 0.2) is 0 Å². The molecular weight excluding hydrogens is 302 g/mol. The first kappa shape index (κ1) is 16.8. The lowest BCUT2D eigenvalue weighted by atomic mass is 9.86. The van der Waals surface area contributed by atoms with Crippen LogP contribution in [0.25, 0.3) is 0 Å². The minimum absolute atomic E-state index is 0.0705. The van der Waals surface area contributed by atoms with Crippen LogP contribution in [0.3, 0.4) is 0 Å². The number of benzene rings is 1. The van der Waals surface area contributed by atoms with E-state index in [-0.39, 0.29) is 23.7 Å². The maximum absolute atomic E-state index is 12.9. The number of rotatable bonds is 4. The topological polar surface area (TPSA) is 57.6 Å². The number of nitrogens with zero attached hydrogens (tertiary/aromatic N) is 1. The van der Waals surface area contributed by atoms with E-state index in [2.05, 4.69) is 0 Å². The normalized spacial score (nSPS) is 17.5. The first-order chi connectivity index (χ1) is 10.4. The molecular formula is C17H22ClNO3. The number of carbonyl (C=O) groups excluding carboxylic acids is 1. The summed E-state index contributed by atoms with van der Waals surface area (Å²) < 4.78 is 0. The van der Waals surface area contributed by atoms with Gasteiger partial charge >= 0.3 is 5.97 Å². The second-order valence-corrected chi connectivity index (χ2v) is 6.65. The van der Waals surface area contributed by atoms with E-state index in [1.165, 1.54) is 0 Å². The number of aliphatic carboxylic acids is 1. The summed E-state index contributed by atoms with van der Waals surface area (Å²) in [4.78, 5) is 25.7. The molecule has 0 spiro atoms. The van der Waals surface area contributed by atoms with Gasteiger partial charge in [-0.2, -0.15) is 0 Å². The average molecular weight is 324 g/mol. The molecule has 0 aromatic heterocycles. The first-order valence-corrected chi connectivity index (χ1v) is 8.05. The van der Waals surface area contributed by atoms with E-state index in [1.807, 2.05) is 32.0 Å². The number of likely N-dealkylation sites (tertiary alicyclic amines) is 1. The zero-order valence-corrected chi connectivity index (χ0v) is 13.7. The number of carbonyl (C=O) groups is 2. The van der Waals surface area contributed by atoms with Crippen LogP contribution in [0.4, 0.5) is 0 Å². The highest BCUT2D eigenvalue weighted by Gasteiger charge is 2.32. The van der Waals surface area contributed by atoms with Gasteiger partial charge in [-0.05, 0) is 36.5 Å². The second-order valence-electron chi connectivity index (χ2n) is 6.21. The third-order valence-corrected chi connectivity index (χ3v) is 4.53. The minimum Gasteiger partial charge on any atom is -0.481 e. The summed E-state index contributed by atoms with van der Waals surface area (Å²) in [5.74, 6) is -1.10. The number of hydrogen-bond acceptors (Lipinski definition) is 2. The molecule has 0 saturated carbocycles. The van der Waals surface area contributed by atoms with Gasteiger partial charge in [-0.25, -0.2) is 0 Å². The van der Waals surface area contributed by atoms with Crippen LogP contribution in [0.1, 0.15) is 38.2 Å². The van der Waals surface area contributed by atoms with E-state index in [9.17, 15) is 9.59 Å². The minimum atomic E-state index is -0.762. The number of piperidine rings is 1. The van der Waals surface area contributed by atoms with Crippen LogP contribution in [0, 0.1) is 11.8 Å². The van der Waals surface area contributed by atoms with Gasteiger partial charge in [0.1, 0.15) is 0 Å². The molecule has 0 aliphatic carbocycles. The fourth-order valence-corrected chi connectivity index (χ4v) is 3.25. The molecule has 5 heteroatoms. The number of amides is 1. The number of carboxylic acid groups (broad SMARTS) is 1. The van der Waals surface area contributed by atoms with Crippen LogP contribution in [0.5, 0.6) is 0 Å². The molecule has 0 radical (unpaired) electrons. The Labute approximate surface area is 136 Å². The summed E-state index contributed by atoms with van der Waals surface area (Å²) in [6, 6.07) is 7.43. The summed E-state index contributed by atoms with van der Waals surface area (Å²) in [5.41, 5.74) is 0.924. The number of carboxylic acids is 1. The van der Waals surface area contributed by atoms with E-state index in [0.717, 1.165) is 5.56 Å². The maximum Gasteiger partial charge on any atom is 0.306 e. The van der Waals surface area contributed by atoms with Crippen molar-refractivity contribution >= 4 is 23.5 Å². The predicted molar refractivity (Wildman–Crippen MR) is 86.0 cm³/mol. The van der Waals surface area contributed by atoms with Crippen molar-refractivity contribution in [1.82, 2.24) is 4.90 Å². The van der Waals surface area contributed by atoms with Crippen molar-refractivity contribution in [3.8, 4) is 0 Å².